The van der Waals surface area contributed by atoms with E-state index in [4.69, 9.17) is 0 Å². The molecule has 0 aromatic carbocycles. The summed E-state index contributed by atoms with van der Waals surface area (Å²) >= 11 is 0. The van der Waals surface area contributed by atoms with E-state index in [2.05, 4.69) is 19.7 Å². The molecule has 1 rings (SSSR count). The molecule has 0 saturated carbocycles. The summed E-state index contributed by atoms with van der Waals surface area (Å²) in [5, 5.41) is 0. The second kappa shape index (κ2) is 3.05. The first kappa shape index (κ1) is 9.51. The third-order valence-corrected chi connectivity index (χ3v) is 6.01. The van der Waals surface area contributed by atoms with E-state index in [1.807, 2.05) is 17.6 Å². The molecule has 0 aromatic rings. The number of hydrogen-bond acceptors (Lipinski definition) is 1. The average Bonchev–Trinajstić information content (AvgIpc) is 2.13. The number of rotatable bonds is 2. The predicted octanol–water partition coefficient (Wildman–Crippen LogP) is 1.86. The highest BCUT2D eigenvalue weighted by atomic mass is 28.3. The van der Waals surface area contributed by atoms with Crippen LogP contribution in [-0.4, -0.2) is 25.3 Å². The quantitative estimate of drug-likeness (QED) is 0.472. The molecule has 12 heavy (non-hydrogen) atoms. The van der Waals surface area contributed by atoms with Gasteiger partial charge in [-0.15, -0.1) is 6.58 Å². The molecular weight excluding hydrogens is 166 g/mol. The van der Waals surface area contributed by atoms with E-state index in [1.54, 1.807) is 0 Å². The molecule has 68 valence electrons. The number of carbonyl (C=O) groups is 1. The van der Waals surface area contributed by atoms with Gasteiger partial charge in [0.15, 0.2) is 8.24 Å². The van der Waals surface area contributed by atoms with Gasteiger partial charge in [0, 0.05) is 12.5 Å². The summed E-state index contributed by atoms with van der Waals surface area (Å²) in [6.07, 6.45) is 1.82. The van der Waals surface area contributed by atoms with Crippen molar-refractivity contribution in [3.8, 4) is 0 Å². The van der Waals surface area contributed by atoms with Crippen LogP contribution in [0.4, 0.5) is 0 Å². The number of nitrogens with zero attached hydrogens (tertiary/aromatic N) is 1. The molecule has 0 spiro atoms. The fraction of sp³-hybridized carbons (Fsp3) is 0.667. The fourth-order valence-corrected chi connectivity index (χ4v) is 5.31. The first-order valence-corrected chi connectivity index (χ1v) is 7.57. The molecule has 0 aromatic heterocycles. The molecule has 1 heterocycles. The fourth-order valence-electron chi connectivity index (χ4n) is 1.98. The van der Waals surface area contributed by atoms with Crippen molar-refractivity contribution < 1.29 is 4.79 Å². The molecule has 0 radical (unpaired) electrons. The second-order valence-corrected chi connectivity index (χ2v) is 8.73. The van der Waals surface area contributed by atoms with Crippen molar-refractivity contribution in [2.75, 3.05) is 6.54 Å². The van der Waals surface area contributed by atoms with Gasteiger partial charge in [-0.2, -0.15) is 0 Å². The summed E-state index contributed by atoms with van der Waals surface area (Å²) in [4.78, 5) is 11.6. The minimum absolute atomic E-state index is 0.242. The predicted molar refractivity (Wildman–Crippen MR) is 53.4 cm³/mol. The molecule has 1 amide bonds. The SMILES string of the molecule is C=CCN1C(=O)C(C)C[Si]1(C)C. The first-order valence-electron chi connectivity index (χ1n) is 4.41. The van der Waals surface area contributed by atoms with Crippen molar-refractivity contribution in [1.82, 2.24) is 4.57 Å². The van der Waals surface area contributed by atoms with Crippen molar-refractivity contribution in [2.24, 2.45) is 5.92 Å². The van der Waals surface area contributed by atoms with Crippen LogP contribution in [0.3, 0.4) is 0 Å². The van der Waals surface area contributed by atoms with Crippen molar-refractivity contribution in [2.45, 2.75) is 26.1 Å². The Morgan fingerprint density at radius 1 is 1.75 bits per heavy atom. The Hall–Kier alpha value is -0.573. The van der Waals surface area contributed by atoms with E-state index in [1.165, 1.54) is 0 Å². The molecule has 1 aliphatic heterocycles. The summed E-state index contributed by atoms with van der Waals surface area (Å²) in [6.45, 7) is 10.9. The molecule has 0 aliphatic carbocycles. The van der Waals surface area contributed by atoms with Gasteiger partial charge in [0.25, 0.3) is 0 Å². The van der Waals surface area contributed by atoms with E-state index in [9.17, 15) is 4.79 Å². The van der Waals surface area contributed by atoms with Gasteiger partial charge in [0.1, 0.15) is 0 Å². The highest BCUT2D eigenvalue weighted by Gasteiger charge is 2.43. The Bertz CT molecular complexity index is 213. The van der Waals surface area contributed by atoms with Crippen LogP contribution < -0.4 is 0 Å². The highest BCUT2D eigenvalue weighted by Crippen LogP contribution is 2.30. The third kappa shape index (κ3) is 1.46. The minimum atomic E-state index is -1.40. The van der Waals surface area contributed by atoms with Gasteiger partial charge in [0.05, 0.1) is 0 Å². The third-order valence-electron chi connectivity index (χ3n) is 2.54. The van der Waals surface area contributed by atoms with Crippen molar-refractivity contribution in [3.05, 3.63) is 12.7 Å². The molecule has 2 nitrogen and oxygen atoms in total. The smallest absolute Gasteiger partial charge is 0.217 e. The van der Waals surface area contributed by atoms with Gasteiger partial charge in [0.2, 0.25) is 5.91 Å². The van der Waals surface area contributed by atoms with Gasteiger partial charge in [-0.05, 0) is 6.04 Å². The molecular formula is C9H17NOSi. The lowest BCUT2D eigenvalue weighted by molar-refractivity contribution is -0.128. The van der Waals surface area contributed by atoms with E-state index in [-0.39, 0.29) is 5.92 Å². The lowest BCUT2D eigenvalue weighted by atomic mass is 10.2. The monoisotopic (exact) mass is 183 g/mol. The maximum Gasteiger partial charge on any atom is 0.217 e. The summed E-state index contributed by atoms with van der Waals surface area (Å²) < 4.78 is 2.05. The van der Waals surface area contributed by atoms with Crippen LogP contribution in [0.15, 0.2) is 12.7 Å². The Balaban J connectivity index is 2.81. The Kier molecular flexibility index (Phi) is 2.42. The van der Waals surface area contributed by atoms with E-state index < -0.39 is 8.24 Å². The maximum atomic E-state index is 11.6. The molecule has 0 N–H and O–H groups in total. The minimum Gasteiger partial charge on any atom is -0.366 e. The van der Waals surface area contributed by atoms with Crippen LogP contribution in [-0.2, 0) is 4.79 Å². The van der Waals surface area contributed by atoms with E-state index >= 15 is 0 Å². The topological polar surface area (TPSA) is 20.3 Å². The summed E-state index contributed by atoms with van der Waals surface area (Å²) in [5.74, 6) is 0.568. The molecule has 0 bridgehead atoms. The molecule has 1 saturated heterocycles. The summed E-state index contributed by atoms with van der Waals surface area (Å²) in [6, 6.07) is 1.10. The summed E-state index contributed by atoms with van der Waals surface area (Å²) in [7, 11) is -1.40. The zero-order valence-corrected chi connectivity index (χ0v) is 9.13. The highest BCUT2D eigenvalue weighted by molar-refractivity contribution is 6.78. The van der Waals surface area contributed by atoms with E-state index in [0.29, 0.717) is 5.91 Å². The zero-order valence-electron chi connectivity index (χ0n) is 8.13. The average molecular weight is 183 g/mol. The number of hydrogen-bond donors (Lipinski definition) is 0. The molecule has 1 atom stereocenters. The van der Waals surface area contributed by atoms with Crippen molar-refractivity contribution in [1.29, 1.82) is 0 Å². The van der Waals surface area contributed by atoms with Gasteiger partial charge in [-0.25, -0.2) is 0 Å². The van der Waals surface area contributed by atoms with Crippen LogP contribution in [0, 0.1) is 5.92 Å². The van der Waals surface area contributed by atoms with Crippen molar-refractivity contribution in [3.63, 3.8) is 0 Å². The van der Waals surface area contributed by atoms with Crippen LogP contribution in [0.25, 0.3) is 0 Å². The van der Waals surface area contributed by atoms with Gasteiger partial charge in [-0.1, -0.05) is 26.1 Å². The van der Waals surface area contributed by atoms with Crippen LogP contribution in [0.2, 0.25) is 19.1 Å². The standard InChI is InChI=1S/C9H17NOSi/c1-5-6-10-9(11)8(2)7-12(10,3)4/h5,8H,1,6-7H2,2-4H3. The zero-order chi connectivity index (χ0) is 9.35. The maximum absolute atomic E-state index is 11.6. The normalized spacial score (nSPS) is 27.8. The van der Waals surface area contributed by atoms with Gasteiger partial charge in [-0.3, -0.25) is 4.79 Å². The lowest BCUT2D eigenvalue weighted by Gasteiger charge is -2.28. The molecule has 1 fully saturated rings. The van der Waals surface area contributed by atoms with Gasteiger partial charge >= 0.3 is 0 Å². The summed E-state index contributed by atoms with van der Waals surface area (Å²) in [5.41, 5.74) is 0. The second-order valence-electron chi connectivity index (χ2n) is 4.16. The van der Waals surface area contributed by atoms with Crippen LogP contribution in [0.1, 0.15) is 6.92 Å². The Morgan fingerprint density at radius 3 is 2.67 bits per heavy atom. The lowest BCUT2D eigenvalue weighted by Crippen LogP contribution is -2.45. The molecule has 3 heteroatoms. The van der Waals surface area contributed by atoms with E-state index in [0.717, 1.165) is 12.6 Å². The van der Waals surface area contributed by atoms with Gasteiger partial charge < -0.3 is 4.57 Å². The van der Waals surface area contributed by atoms with Crippen molar-refractivity contribution >= 4 is 14.1 Å². The molecule has 1 aliphatic rings. The Morgan fingerprint density at radius 2 is 2.33 bits per heavy atom. The Labute approximate surface area is 75.3 Å². The van der Waals surface area contributed by atoms with Crippen LogP contribution in [0.5, 0.6) is 0 Å². The molecule has 1 unspecified atom stereocenters. The largest absolute Gasteiger partial charge is 0.366 e. The number of amides is 1. The first-order chi connectivity index (χ1) is 5.49. The number of carbonyl (C=O) groups excluding carboxylic acids is 1. The van der Waals surface area contributed by atoms with Crippen LogP contribution >= 0.6 is 0 Å².